The van der Waals surface area contributed by atoms with Crippen molar-refractivity contribution in [3.8, 4) is 0 Å². The van der Waals surface area contributed by atoms with Crippen LogP contribution in [0.3, 0.4) is 0 Å². The molecule has 1 aromatic heterocycles. The van der Waals surface area contributed by atoms with Crippen molar-refractivity contribution in [1.82, 2.24) is 20.2 Å². The third-order valence-electron chi connectivity index (χ3n) is 3.66. The minimum absolute atomic E-state index is 0.126. The normalized spacial score (nSPS) is 23.2. The minimum Gasteiger partial charge on any atom is -0.325 e. The van der Waals surface area contributed by atoms with Crippen molar-refractivity contribution < 1.29 is 0 Å². The van der Waals surface area contributed by atoms with Gasteiger partial charge in [0.25, 0.3) is 0 Å². The molecule has 0 saturated heterocycles. The predicted molar refractivity (Wildman–Crippen MR) is 61.7 cm³/mol. The standard InChI is InChI=1S/C11H21N5/c1-10(2)4-6-11(12,7-5-10)8-9-13-15-16(3)14-9/h4-8,12H2,1-3H3. The van der Waals surface area contributed by atoms with Crippen molar-refractivity contribution in [1.29, 1.82) is 0 Å². The maximum atomic E-state index is 6.40. The number of hydrogen-bond donors (Lipinski definition) is 1. The lowest BCUT2D eigenvalue weighted by atomic mass is 9.69. The van der Waals surface area contributed by atoms with Gasteiger partial charge in [0.2, 0.25) is 0 Å². The summed E-state index contributed by atoms with van der Waals surface area (Å²) >= 11 is 0. The average molecular weight is 223 g/mol. The van der Waals surface area contributed by atoms with E-state index in [1.165, 1.54) is 17.6 Å². The lowest BCUT2D eigenvalue weighted by Crippen LogP contribution is -2.47. The highest BCUT2D eigenvalue weighted by Gasteiger charge is 2.36. The van der Waals surface area contributed by atoms with E-state index < -0.39 is 0 Å². The van der Waals surface area contributed by atoms with Crippen molar-refractivity contribution in [2.24, 2.45) is 18.2 Å². The van der Waals surface area contributed by atoms with E-state index in [4.69, 9.17) is 5.73 Å². The van der Waals surface area contributed by atoms with Crippen LogP contribution in [-0.4, -0.2) is 25.7 Å². The van der Waals surface area contributed by atoms with Gasteiger partial charge in [0, 0.05) is 12.0 Å². The molecule has 1 heterocycles. The molecule has 1 fully saturated rings. The zero-order valence-electron chi connectivity index (χ0n) is 10.4. The fourth-order valence-electron chi connectivity index (χ4n) is 2.31. The van der Waals surface area contributed by atoms with Crippen LogP contribution in [-0.2, 0) is 13.5 Å². The third kappa shape index (κ3) is 2.58. The second kappa shape index (κ2) is 3.80. The SMILES string of the molecule is Cn1nnc(CC2(N)CCC(C)(C)CC2)n1. The summed E-state index contributed by atoms with van der Waals surface area (Å²) in [5, 5.41) is 12.1. The molecule has 5 nitrogen and oxygen atoms in total. The van der Waals surface area contributed by atoms with Crippen molar-refractivity contribution in [3.63, 3.8) is 0 Å². The lowest BCUT2D eigenvalue weighted by molar-refractivity contribution is 0.163. The van der Waals surface area contributed by atoms with Gasteiger partial charge >= 0.3 is 0 Å². The fourth-order valence-corrected chi connectivity index (χ4v) is 2.31. The maximum Gasteiger partial charge on any atom is 0.176 e. The number of hydrogen-bond acceptors (Lipinski definition) is 4. The highest BCUT2D eigenvalue weighted by molar-refractivity contribution is 4.99. The molecule has 90 valence electrons. The third-order valence-corrected chi connectivity index (χ3v) is 3.66. The van der Waals surface area contributed by atoms with Gasteiger partial charge in [-0.05, 0) is 36.3 Å². The first-order valence-corrected chi connectivity index (χ1v) is 5.90. The molecule has 1 aromatic rings. The molecule has 5 heteroatoms. The lowest BCUT2D eigenvalue weighted by Gasteiger charge is -2.40. The topological polar surface area (TPSA) is 69.6 Å². The molecular weight excluding hydrogens is 202 g/mol. The van der Waals surface area contributed by atoms with E-state index >= 15 is 0 Å². The van der Waals surface area contributed by atoms with Crippen LogP contribution in [0, 0.1) is 5.41 Å². The van der Waals surface area contributed by atoms with Gasteiger partial charge in [-0.15, -0.1) is 10.2 Å². The Kier molecular flexibility index (Phi) is 2.74. The van der Waals surface area contributed by atoms with Crippen molar-refractivity contribution in [2.45, 2.75) is 51.5 Å². The molecule has 1 aliphatic carbocycles. The maximum absolute atomic E-state index is 6.40. The summed E-state index contributed by atoms with van der Waals surface area (Å²) in [6.45, 7) is 4.63. The van der Waals surface area contributed by atoms with Crippen LogP contribution in [0.15, 0.2) is 0 Å². The van der Waals surface area contributed by atoms with Crippen molar-refractivity contribution >= 4 is 0 Å². The summed E-state index contributed by atoms with van der Waals surface area (Å²) in [6.07, 6.45) is 5.22. The van der Waals surface area contributed by atoms with Gasteiger partial charge in [-0.2, -0.15) is 4.80 Å². The molecule has 0 aliphatic heterocycles. The Labute approximate surface area is 96.4 Å². The van der Waals surface area contributed by atoms with Gasteiger partial charge in [-0.3, -0.25) is 0 Å². The quantitative estimate of drug-likeness (QED) is 0.813. The Bertz CT molecular complexity index is 358. The van der Waals surface area contributed by atoms with Crippen LogP contribution in [0.4, 0.5) is 0 Å². The number of tetrazole rings is 1. The molecular formula is C11H21N5. The highest BCUT2D eigenvalue weighted by Crippen LogP contribution is 2.39. The summed E-state index contributed by atoms with van der Waals surface area (Å²) in [5.41, 5.74) is 6.72. The van der Waals surface area contributed by atoms with Crippen LogP contribution in [0.5, 0.6) is 0 Å². The van der Waals surface area contributed by atoms with Crippen molar-refractivity contribution in [3.05, 3.63) is 5.82 Å². The summed E-state index contributed by atoms with van der Waals surface area (Å²) in [7, 11) is 1.78. The molecule has 2 rings (SSSR count). The summed E-state index contributed by atoms with van der Waals surface area (Å²) in [4.78, 5) is 1.49. The van der Waals surface area contributed by atoms with Gasteiger partial charge in [0.05, 0.1) is 7.05 Å². The van der Waals surface area contributed by atoms with Crippen molar-refractivity contribution in [2.75, 3.05) is 0 Å². The first-order valence-electron chi connectivity index (χ1n) is 5.90. The molecule has 0 spiro atoms. The molecule has 0 amide bonds. The number of nitrogens with two attached hydrogens (primary N) is 1. The molecule has 1 saturated carbocycles. The second-order valence-electron chi connectivity index (χ2n) is 5.90. The summed E-state index contributed by atoms with van der Waals surface area (Å²) in [6, 6.07) is 0. The first kappa shape index (κ1) is 11.5. The first-order chi connectivity index (χ1) is 7.39. The molecule has 16 heavy (non-hydrogen) atoms. The Morgan fingerprint density at radius 3 is 2.38 bits per heavy atom. The number of nitrogens with zero attached hydrogens (tertiary/aromatic N) is 4. The number of aryl methyl sites for hydroxylation is 1. The Morgan fingerprint density at radius 2 is 1.88 bits per heavy atom. The van der Waals surface area contributed by atoms with Crippen LogP contribution in [0.25, 0.3) is 0 Å². The molecule has 0 radical (unpaired) electrons. The zero-order chi connectivity index (χ0) is 11.8. The van der Waals surface area contributed by atoms with Crippen LogP contribution in [0.1, 0.15) is 45.4 Å². The van der Waals surface area contributed by atoms with E-state index in [9.17, 15) is 0 Å². The Morgan fingerprint density at radius 1 is 1.25 bits per heavy atom. The highest BCUT2D eigenvalue weighted by atomic mass is 15.6. The molecule has 0 bridgehead atoms. The van der Waals surface area contributed by atoms with Gasteiger partial charge in [-0.1, -0.05) is 13.8 Å². The molecule has 0 unspecified atom stereocenters. The Balaban J connectivity index is 1.99. The minimum atomic E-state index is -0.126. The smallest absolute Gasteiger partial charge is 0.176 e. The summed E-state index contributed by atoms with van der Waals surface area (Å²) in [5.74, 6) is 0.768. The van der Waals surface area contributed by atoms with E-state index in [0.29, 0.717) is 5.41 Å². The predicted octanol–water partition coefficient (Wildman–Crippen LogP) is 1.05. The van der Waals surface area contributed by atoms with E-state index in [-0.39, 0.29) is 5.54 Å². The molecule has 1 aliphatic rings. The van der Waals surface area contributed by atoms with Gasteiger partial charge in [0.1, 0.15) is 0 Å². The van der Waals surface area contributed by atoms with Gasteiger partial charge in [-0.25, -0.2) is 0 Å². The summed E-state index contributed by atoms with van der Waals surface area (Å²) < 4.78 is 0. The largest absolute Gasteiger partial charge is 0.325 e. The van der Waals surface area contributed by atoms with Crippen LogP contribution >= 0.6 is 0 Å². The molecule has 0 aromatic carbocycles. The van der Waals surface area contributed by atoms with E-state index in [0.717, 1.165) is 25.1 Å². The fraction of sp³-hybridized carbons (Fsp3) is 0.909. The number of aromatic nitrogens is 4. The van der Waals surface area contributed by atoms with E-state index in [2.05, 4.69) is 29.3 Å². The zero-order valence-corrected chi connectivity index (χ0v) is 10.4. The van der Waals surface area contributed by atoms with E-state index in [1.54, 1.807) is 7.05 Å². The van der Waals surface area contributed by atoms with Gasteiger partial charge in [0.15, 0.2) is 5.82 Å². The van der Waals surface area contributed by atoms with E-state index in [1.807, 2.05) is 0 Å². The second-order valence-corrected chi connectivity index (χ2v) is 5.90. The van der Waals surface area contributed by atoms with Crippen LogP contribution < -0.4 is 5.73 Å². The Hall–Kier alpha value is -0.970. The van der Waals surface area contributed by atoms with Gasteiger partial charge < -0.3 is 5.73 Å². The molecule has 0 atom stereocenters. The monoisotopic (exact) mass is 223 g/mol. The molecule has 2 N–H and O–H groups in total. The average Bonchev–Trinajstić information content (AvgIpc) is 2.58. The van der Waals surface area contributed by atoms with Crippen LogP contribution in [0.2, 0.25) is 0 Å². The number of rotatable bonds is 2.